The maximum atomic E-state index is 3.59. The SMILES string of the molecule is CC1CSCCN1CC(C)(C)CBr. The van der Waals surface area contributed by atoms with Gasteiger partial charge in [0.2, 0.25) is 0 Å². The van der Waals surface area contributed by atoms with Crippen LogP contribution in [0, 0.1) is 5.41 Å². The monoisotopic (exact) mass is 265 g/mol. The summed E-state index contributed by atoms with van der Waals surface area (Å²) < 4.78 is 0. The molecule has 0 amide bonds. The average Bonchev–Trinajstić information content (AvgIpc) is 2.09. The summed E-state index contributed by atoms with van der Waals surface area (Å²) in [5.41, 5.74) is 0.413. The second kappa shape index (κ2) is 5.04. The van der Waals surface area contributed by atoms with Crippen LogP contribution in [0.3, 0.4) is 0 Å². The Morgan fingerprint density at radius 2 is 2.23 bits per heavy atom. The molecule has 0 saturated carbocycles. The molecule has 13 heavy (non-hydrogen) atoms. The van der Waals surface area contributed by atoms with Crippen LogP contribution in [-0.2, 0) is 0 Å². The van der Waals surface area contributed by atoms with Crippen molar-refractivity contribution in [2.24, 2.45) is 5.41 Å². The molecule has 1 rings (SSSR count). The van der Waals surface area contributed by atoms with E-state index in [2.05, 4.69) is 53.4 Å². The molecule has 1 fully saturated rings. The van der Waals surface area contributed by atoms with Gasteiger partial charge >= 0.3 is 0 Å². The van der Waals surface area contributed by atoms with Gasteiger partial charge in [-0.2, -0.15) is 11.8 Å². The third kappa shape index (κ3) is 3.80. The van der Waals surface area contributed by atoms with Gasteiger partial charge in [-0.3, -0.25) is 4.90 Å². The molecule has 0 bridgehead atoms. The van der Waals surface area contributed by atoms with E-state index in [1.165, 1.54) is 24.6 Å². The van der Waals surface area contributed by atoms with Crippen LogP contribution in [-0.4, -0.2) is 40.9 Å². The first-order valence-corrected chi connectivity index (χ1v) is 7.20. The molecule has 0 spiro atoms. The van der Waals surface area contributed by atoms with Crippen molar-refractivity contribution in [3.63, 3.8) is 0 Å². The summed E-state index contributed by atoms with van der Waals surface area (Å²) in [6.07, 6.45) is 0. The smallest absolute Gasteiger partial charge is 0.0158 e. The average molecular weight is 266 g/mol. The Hall–Kier alpha value is 0.790. The van der Waals surface area contributed by atoms with Crippen molar-refractivity contribution >= 4 is 27.7 Å². The fourth-order valence-corrected chi connectivity index (χ4v) is 2.85. The highest BCUT2D eigenvalue weighted by atomic mass is 79.9. The lowest BCUT2D eigenvalue weighted by Gasteiger charge is -2.38. The van der Waals surface area contributed by atoms with Gasteiger partial charge in [-0.1, -0.05) is 29.8 Å². The molecule has 1 atom stereocenters. The molecule has 1 unspecified atom stereocenters. The Labute approximate surface area is 94.8 Å². The summed E-state index contributed by atoms with van der Waals surface area (Å²) in [7, 11) is 0. The number of hydrogen-bond donors (Lipinski definition) is 0. The van der Waals surface area contributed by atoms with Crippen molar-refractivity contribution in [1.82, 2.24) is 4.90 Å². The van der Waals surface area contributed by atoms with E-state index in [-0.39, 0.29) is 0 Å². The minimum absolute atomic E-state index is 0.413. The van der Waals surface area contributed by atoms with Crippen LogP contribution in [0.15, 0.2) is 0 Å². The summed E-state index contributed by atoms with van der Waals surface area (Å²) in [4.78, 5) is 2.62. The van der Waals surface area contributed by atoms with E-state index < -0.39 is 0 Å². The molecule has 78 valence electrons. The quantitative estimate of drug-likeness (QED) is 0.723. The van der Waals surface area contributed by atoms with Gasteiger partial charge in [0.15, 0.2) is 0 Å². The summed E-state index contributed by atoms with van der Waals surface area (Å²) in [6, 6.07) is 0.761. The first-order chi connectivity index (χ1) is 6.05. The summed E-state index contributed by atoms with van der Waals surface area (Å²) in [5, 5.41) is 1.09. The van der Waals surface area contributed by atoms with Gasteiger partial charge in [-0.05, 0) is 12.3 Å². The van der Waals surface area contributed by atoms with Gasteiger partial charge in [0.1, 0.15) is 0 Å². The zero-order valence-corrected chi connectivity index (χ0v) is 11.2. The number of alkyl halides is 1. The molecule has 0 aromatic rings. The molecule has 1 heterocycles. The molecule has 1 saturated heterocycles. The lowest BCUT2D eigenvalue weighted by Crippen LogP contribution is -2.45. The van der Waals surface area contributed by atoms with Crippen LogP contribution >= 0.6 is 27.7 Å². The van der Waals surface area contributed by atoms with Gasteiger partial charge < -0.3 is 0 Å². The van der Waals surface area contributed by atoms with Crippen molar-refractivity contribution in [2.75, 3.05) is 29.9 Å². The van der Waals surface area contributed by atoms with Crippen molar-refractivity contribution in [2.45, 2.75) is 26.8 Å². The van der Waals surface area contributed by atoms with Crippen LogP contribution in [0.4, 0.5) is 0 Å². The lowest BCUT2D eigenvalue weighted by atomic mass is 9.95. The van der Waals surface area contributed by atoms with Crippen LogP contribution < -0.4 is 0 Å². The first kappa shape index (κ1) is 11.9. The van der Waals surface area contributed by atoms with Crippen LogP contribution in [0.1, 0.15) is 20.8 Å². The van der Waals surface area contributed by atoms with E-state index in [1.807, 2.05) is 0 Å². The zero-order valence-electron chi connectivity index (χ0n) is 8.85. The predicted molar refractivity (Wildman–Crippen MR) is 65.9 cm³/mol. The predicted octanol–water partition coefficient (Wildman–Crippen LogP) is 2.84. The second-order valence-corrected chi connectivity index (χ2v) is 6.40. The zero-order chi connectivity index (χ0) is 9.90. The molecule has 0 aromatic carbocycles. The summed E-state index contributed by atoms with van der Waals surface area (Å²) in [6.45, 7) is 9.49. The minimum atomic E-state index is 0.413. The molecule has 0 aliphatic carbocycles. The normalized spacial score (nSPS) is 26.3. The lowest BCUT2D eigenvalue weighted by molar-refractivity contribution is 0.166. The maximum Gasteiger partial charge on any atom is 0.0158 e. The number of rotatable bonds is 3. The topological polar surface area (TPSA) is 3.24 Å². The highest BCUT2D eigenvalue weighted by Crippen LogP contribution is 2.24. The van der Waals surface area contributed by atoms with E-state index in [1.54, 1.807) is 0 Å². The largest absolute Gasteiger partial charge is 0.298 e. The Kier molecular flexibility index (Phi) is 4.59. The van der Waals surface area contributed by atoms with Crippen molar-refractivity contribution in [3.05, 3.63) is 0 Å². The van der Waals surface area contributed by atoms with Crippen LogP contribution in [0.25, 0.3) is 0 Å². The molecule has 1 aliphatic rings. The van der Waals surface area contributed by atoms with E-state index in [4.69, 9.17) is 0 Å². The van der Waals surface area contributed by atoms with Crippen molar-refractivity contribution in [1.29, 1.82) is 0 Å². The number of halogens is 1. The number of thioether (sulfide) groups is 1. The molecule has 0 aromatic heterocycles. The molecular formula is C10H20BrNS. The first-order valence-electron chi connectivity index (χ1n) is 4.93. The fraction of sp³-hybridized carbons (Fsp3) is 1.00. The summed E-state index contributed by atoms with van der Waals surface area (Å²) in [5.74, 6) is 2.61. The second-order valence-electron chi connectivity index (χ2n) is 4.69. The van der Waals surface area contributed by atoms with Gasteiger partial charge in [0.05, 0.1) is 0 Å². The third-order valence-electron chi connectivity index (χ3n) is 2.50. The third-order valence-corrected chi connectivity index (χ3v) is 5.21. The Morgan fingerprint density at radius 3 is 2.77 bits per heavy atom. The Balaban J connectivity index is 2.42. The summed E-state index contributed by atoms with van der Waals surface area (Å²) >= 11 is 5.67. The molecule has 0 N–H and O–H groups in total. The fourth-order valence-electron chi connectivity index (χ4n) is 1.59. The molecular weight excluding hydrogens is 246 g/mol. The highest BCUT2D eigenvalue weighted by molar-refractivity contribution is 9.09. The molecule has 1 aliphatic heterocycles. The number of hydrogen-bond acceptors (Lipinski definition) is 2. The van der Waals surface area contributed by atoms with Gasteiger partial charge in [0, 0.05) is 36.0 Å². The van der Waals surface area contributed by atoms with E-state index in [0.29, 0.717) is 5.41 Å². The minimum Gasteiger partial charge on any atom is -0.298 e. The van der Waals surface area contributed by atoms with Crippen LogP contribution in [0.2, 0.25) is 0 Å². The van der Waals surface area contributed by atoms with E-state index in [9.17, 15) is 0 Å². The Morgan fingerprint density at radius 1 is 1.54 bits per heavy atom. The van der Waals surface area contributed by atoms with Gasteiger partial charge in [-0.15, -0.1) is 0 Å². The molecule has 0 radical (unpaired) electrons. The molecule has 1 nitrogen and oxygen atoms in total. The molecule has 3 heteroatoms. The van der Waals surface area contributed by atoms with Gasteiger partial charge in [0.25, 0.3) is 0 Å². The van der Waals surface area contributed by atoms with Crippen molar-refractivity contribution in [3.8, 4) is 0 Å². The Bertz CT molecular complexity index is 161. The highest BCUT2D eigenvalue weighted by Gasteiger charge is 2.25. The standard InChI is InChI=1S/C10H20BrNS/c1-9-6-13-5-4-12(9)8-10(2,3)7-11/h9H,4-8H2,1-3H3. The van der Waals surface area contributed by atoms with E-state index in [0.717, 1.165) is 11.4 Å². The van der Waals surface area contributed by atoms with Crippen LogP contribution in [0.5, 0.6) is 0 Å². The van der Waals surface area contributed by atoms with Gasteiger partial charge in [-0.25, -0.2) is 0 Å². The van der Waals surface area contributed by atoms with Crippen molar-refractivity contribution < 1.29 is 0 Å². The van der Waals surface area contributed by atoms with E-state index >= 15 is 0 Å². The number of nitrogens with zero attached hydrogens (tertiary/aromatic N) is 1. The maximum absolute atomic E-state index is 3.59.